The minimum atomic E-state index is 0. The van der Waals surface area contributed by atoms with E-state index in [9.17, 15) is 24.9 Å². The summed E-state index contributed by atoms with van der Waals surface area (Å²) < 4.78 is 13.4. The summed E-state index contributed by atoms with van der Waals surface area (Å²) >= 11 is 3.18. The van der Waals surface area contributed by atoms with Crippen LogP contribution in [-0.2, 0) is 14.3 Å². The Kier molecular flexibility index (Phi) is 19.9. The molecule has 4 amide bonds. The highest BCUT2D eigenvalue weighted by Gasteiger charge is 2.46. The molecule has 6 saturated heterocycles. The number of ether oxygens (including phenoxy) is 2. The third-order valence-electron chi connectivity index (χ3n) is 19.2. The smallest absolute Gasteiger partial charge is 0.317 e. The van der Waals surface area contributed by atoms with Crippen molar-refractivity contribution in [1.29, 1.82) is 10.5 Å². The van der Waals surface area contributed by atoms with Crippen molar-refractivity contribution in [2.24, 2.45) is 23.7 Å². The molecular weight excluding hydrogens is 1280 g/mol. The fraction of sp³-hybridized carbons (Fsp3) is 0.500. The lowest BCUT2D eigenvalue weighted by atomic mass is 9.92. The molecule has 8 aromatic heterocycles. The van der Waals surface area contributed by atoms with Crippen molar-refractivity contribution < 1.29 is 23.9 Å². The van der Waals surface area contributed by atoms with E-state index in [2.05, 4.69) is 116 Å². The minimum absolute atomic E-state index is 0. The average Bonchev–Trinajstić information content (AvgIpc) is 1.61. The molecule has 2 unspecified atom stereocenters. The van der Waals surface area contributed by atoms with Gasteiger partial charge in [0.2, 0.25) is 10.3 Å². The van der Waals surface area contributed by atoms with Gasteiger partial charge in [0.05, 0.1) is 87.7 Å². The zero-order valence-electron chi connectivity index (χ0n) is 54.1. The molecular formula is C66H79ClN22O5S2. The molecule has 0 spiro atoms. The van der Waals surface area contributed by atoms with E-state index in [1.54, 1.807) is 44.1 Å². The van der Waals surface area contributed by atoms with Gasteiger partial charge in [-0.15, -0.1) is 32.8 Å². The molecule has 6 atom stereocenters. The fourth-order valence-corrected chi connectivity index (χ4v) is 16.1. The Morgan fingerprint density at radius 3 is 1.42 bits per heavy atom. The number of aromatic nitrogens is 10. The Hall–Kier alpha value is -8.68. The highest BCUT2D eigenvalue weighted by Crippen LogP contribution is 2.44. The van der Waals surface area contributed by atoms with Gasteiger partial charge in [0.25, 0.3) is 0 Å². The number of piperazine rings is 2. The Morgan fingerprint density at radius 1 is 0.594 bits per heavy atom. The Bertz CT molecular complexity index is 4170. The summed E-state index contributed by atoms with van der Waals surface area (Å²) in [5.74, 6) is 1.82. The molecule has 8 aliphatic rings. The van der Waals surface area contributed by atoms with E-state index in [0.717, 1.165) is 194 Å². The maximum absolute atomic E-state index is 13.3. The summed E-state index contributed by atoms with van der Waals surface area (Å²) in [6.45, 7) is 20.8. The number of ketones is 1. The van der Waals surface area contributed by atoms with E-state index in [1.165, 1.54) is 0 Å². The van der Waals surface area contributed by atoms with Crippen LogP contribution < -0.4 is 36.4 Å². The monoisotopic (exact) mass is 1360 g/mol. The van der Waals surface area contributed by atoms with Crippen LogP contribution >= 0.6 is 35.1 Å². The standard InChI is InChI=1S/C33H39N11O2S.C30H35N11OS.C3H4O2.ClH/c1-20(2)37-27-12-28(29-6-5-24-11-21(13-34)14-36-44(24)29)35-15-26(27)31-39-40-33(47-31)43-16-22-3-4-23(17-43)30(22)38-32(45)42-9-7-41(8-10-42)25-18-46-19-25;1-18(2)35-24-12-25(26-6-5-22-11-19(13-31)14-34-41(22)26)33-15-23(24)28-37-38-30(43-28)40-16-20-3-4-21(17-40)27(20)36-29(42)39-9-7-32-8-10-39;4-3-1-5-2-3;/h5-6,11-12,14-15,20,22-23,25,30H,3-4,7-10,16-19H2,1-2H3,(H,35,37)(H,38,45);5-6,11-12,14-15,18,20-21,27,32H,3-4,7-10,16-17H2,1-2H3,(H,33,35)(H,36,42);1-2H2;1H/t22-,23+,30?;20-,21+,27?;;. The van der Waals surface area contributed by atoms with E-state index >= 15 is 0 Å². The first-order chi connectivity index (χ1) is 46.3. The number of halogens is 1. The maximum atomic E-state index is 13.3. The van der Waals surface area contributed by atoms with Crippen molar-refractivity contribution in [3.05, 3.63) is 84.4 Å². The van der Waals surface area contributed by atoms with E-state index in [4.69, 9.17) is 14.7 Å². The molecule has 5 N–H and O–H groups in total. The van der Waals surface area contributed by atoms with Crippen LogP contribution in [-0.4, -0.2) is 217 Å². The molecule has 0 aromatic carbocycles. The van der Waals surface area contributed by atoms with E-state index in [-0.39, 0.29) is 54.4 Å². The maximum Gasteiger partial charge on any atom is 0.317 e. The molecule has 6 aliphatic heterocycles. The summed E-state index contributed by atoms with van der Waals surface area (Å²) in [5.41, 5.74) is 9.63. The van der Waals surface area contributed by atoms with Crippen LogP contribution in [0.1, 0.15) is 64.5 Å². The Balaban J connectivity index is 0.000000161. The van der Waals surface area contributed by atoms with Gasteiger partial charge in [-0.3, -0.25) is 19.7 Å². The predicted octanol–water partition coefficient (Wildman–Crippen LogP) is 6.99. The summed E-state index contributed by atoms with van der Waals surface area (Å²) in [6, 6.07) is 21.3. The van der Waals surface area contributed by atoms with Gasteiger partial charge in [0.15, 0.2) is 15.8 Å². The molecule has 2 aliphatic carbocycles. The summed E-state index contributed by atoms with van der Waals surface area (Å²) in [6.07, 6.45) is 11.3. The molecule has 14 heterocycles. The van der Waals surface area contributed by atoms with Crippen molar-refractivity contribution in [3.63, 3.8) is 0 Å². The number of urea groups is 2. The molecule has 27 nitrogen and oxygen atoms in total. The highest BCUT2D eigenvalue weighted by atomic mass is 35.5. The minimum Gasteiger partial charge on any atom is -0.382 e. The fourth-order valence-electron chi connectivity index (χ4n) is 14.3. The van der Waals surface area contributed by atoms with Gasteiger partial charge in [-0.25, -0.2) is 18.6 Å². The summed E-state index contributed by atoms with van der Waals surface area (Å²) in [5, 5.41) is 66.6. The number of pyridine rings is 2. The molecule has 8 fully saturated rings. The zero-order valence-corrected chi connectivity index (χ0v) is 56.6. The van der Waals surface area contributed by atoms with Crippen molar-refractivity contribution in [2.75, 3.05) is 125 Å². The molecule has 16 rings (SSSR count). The number of carbonyl (C=O) groups excluding carboxylic acids is 3. The van der Waals surface area contributed by atoms with Crippen LogP contribution in [0.2, 0.25) is 0 Å². The van der Waals surface area contributed by atoms with Crippen LogP contribution in [0.5, 0.6) is 0 Å². The normalized spacial score (nSPS) is 22.3. The quantitative estimate of drug-likeness (QED) is 0.0776. The zero-order chi connectivity index (χ0) is 65.3. The highest BCUT2D eigenvalue weighted by molar-refractivity contribution is 7.18. The van der Waals surface area contributed by atoms with Crippen LogP contribution in [0.3, 0.4) is 0 Å². The Labute approximate surface area is 570 Å². The lowest BCUT2D eigenvalue weighted by molar-refractivity contribution is -0.140. The Morgan fingerprint density at radius 2 is 1.03 bits per heavy atom. The average molecular weight is 1360 g/mol. The van der Waals surface area contributed by atoms with Gasteiger partial charge < -0.3 is 55.7 Å². The van der Waals surface area contributed by atoms with Crippen molar-refractivity contribution in [1.82, 2.24) is 80.2 Å². The number of nitrogens with one attached hydrogen (secondary N) is 5. The van der Waals surface area contributed by atoms with Crippen molar-refractivity contribution >= 4 is 85.6 Å². The number of Topliss-reactive ketones (excluding diaryl/α,β-unsaturated/α-hetero) is 1. The van der Waals surface area contributed by atoms with E-state index < -0.39 is 0 Å². The number of fused-ring (bicyclic) bond motifs is 6. The second-order valence-electron chi connectivity index (χ2n) is 26.4. The number of rotatable bonds is 13. The molecule has 96 heavy (non-hydrogen) atoms. The first-order valence-corrected chi connectivity index (χ1v) is 34.6. The number of nitrogens with zero attached hydrogens (tertiary/aromatic N) is 17. The SMILES string of the molecule is CC(C)Nc1cc(-c2ccc3cc(C#N)cnn23)ncc1-c1nnc(N2C[C@H]3CC[C@@H](C2)C3NC(=O)N2CCN(C3COC3)CC2)s1.CC(C)Nc1cc(-c2ccc3cc(C#N)cnn23)ncc1-c1nnc(N2C[C@H]3CC[C@@H](C2)C3NC(=O)N2CCNCC2)s1.Cl.O=C1COC1. The third-order valence-corrected chi connectivity index (χ3v) is 21.3. The predicted molar refractivity (Wildman–Crippen MR) is 368 cm³/mol. The largest absolute Gasteiger partial charge is 0.382 e. The third kappa shape index (κ3) is 14.1. The lowest BCUT2D eigenvalue weighted by Gasteiger charge is -2.43. The molecule has 8 aromatic rings. The molecule has 502 valence electrons. The first-order valence-electron chi connectivity index (χ1n) is 33.0. The van der Waals surface area contributed by atoms with Crippen LogP contribution in [0.25, 0.3) is 55.0 Å². The topological polar surface area (TPSA) is 306 Å². The van der Waals surface area contributed by atoms with Gasteiger partial charge in [-0.05, 0) is 126 Å². The lowest BCUT2D eigenvalue weighted by Crippen LogP contribution is -2.60. The van der Waals surface area contributed by atoms with E-state index in [0.29, 0.717) is 54.1 Å². The second kappa shape index (κ2) is 29.0. The van der Waals surface area contributed by atoms with E-state index in [1.807, 2.05) is 70.7 Å². The molecule has 0 radical (unpaired) electrons. The van der Waals surface area contributed by atoms with Gasteiger partial charge in [-0.2, -0.15) is 20.7 Å². The van der Waals surface area contributed by atoms with Crippen LogP contribution in [0, 0.1) is 46.3 Å². The number of hydrogen-bond donors (Lipinski definition) is 5. The number of piperidine rings is 2. The molecule has 4 bridgehead atoms. The number of anilines is 4. The summed E-state index contributed by atoms with van der Waals surface area (Å²) in [7, 11) is 0. The first kappa shape index (κ1) is 66.0. The van der Waals surface area contributed by atoms with Crippen LogP contribution in [0.15, 0.2) is 73.3 Å². The van der Waals surface area contributed by atoms with Gasteiger partial charge in [0, 0.05) is 126 Å². The number of nitriles is 2. The number of carbonyl (C=O) groups is 3. The summed E-state index contributed by atoms with van der Waals surface area (Å²) in [4.78, 5) is 56.7. The number of hydrogen-bond acceptors (Lipinski definition) is 23. The molecule has 30 heteroatoms. The van der Waals surface area contributed by atoms with Crippen molar-refractivity contribution in [2.45, 2.75) is 83.6 Å². The van der Waals surface area contributed by atoms with Gasteiger partial charge in [0.1, 0.15) is 25.4 Å². The van der Waals surface area contributed by atoms with Crippen molar-refractivity contribution in [3.8, 4) is 56.1 Å². The number of amides is 4. The van der Waals surface area contributed by atoms with Gasteiger partial charge in [-0.1, -0.05) is 22.7 Å². The van der Waals surface area contributed by atoms with Crippen LogP contribution in [0.4, 0.5) is 31.2 Å². The second-order valence-corrected chi connectivity index (χ2v) is 28.3. The van der Waals surface area contributed by atoms with Gasteiger partial charge >= 0.3 is 12.1 Å². The molecule has 2 saturated carbocycles.